The highest BCUT2D eigenvalue weighted by Gasteiger charge is 2.18. The Kier molecular flexibility index (Phi) is 6.56. The van der Waals surface area contributed by atoms with Gasteiger partial charge in [-0.15, -0.1) is 10.2 Å². The van der Waals surface area contributed by atoms with Gasteiger partial charge in [0.05, 0.1) is 6.61 Å². The molecule has 0 fully saturated rings. The summed E-state index contributed by atoms with van der Waals surface area (Å²) >= 11 is 2.44. The van der Waals surface area contributed by atoms with Gasteiger partial charge in [0.15, 0.2) is 4.34 Å². The Balaban J connectivity index is 1.87. The van der Waals surface area contributed by atoms with Crippen LogP contribution in [-0.2, 0) is 9.53 Å². The average Bonchev–Trinajstić information content (AvgIpc) is 2.96. The number of esters is 1. The van der Waals surface area contributed by atoms with Gasteiger partial charge in [0, 0.05) is 5.69 Å². The molecule has 128 valence electrons. The first-order valence-corrected chi connectivity index (χ1v) is 8.99. The zero-order chi connectivity index (χ0) is 17.5. The Morgan fingerprint density at radius 3 is 2.62 bits per heavy atom. The standard InChI is InChI=1S/C15H18N4O3S2/c1-4-22-12(20)10(3)23-15-19-18-14(24-15)17-13(21)16-11-7-5-9(2)6-8-11/h5-8,10H,4H2,1-3H3,(H2,16,17,18,21)/t10-/m0/s1. The number of anilines is 2. The van der Waals surface area contributed by atoms with Gasteiger partial charge in [-0.2, -0.15) is 0 Å². The Labute approximate surface area is 148 Å². The van der Waals surface area contributed by atoms with E-state index in [1.54, 1.807) is 13.8 Å². The quantitative estimate of drug-likeness (QED) is 0.461. The lowest BCUT2D eigenvalue weighted by molar-refractivity contribution is -0.142. The van der Waals surface area contributed by atoms with Crippen molar-refractivity contribution in [2.45, 2.75) is 30.4 Å². The summed E-state index contributed by atoms with van der Waals surface area (Å²) in [5.74, 6) is -0.302. The minimum atomic E-state index is -0.398. The van der Waals surface area contributed by atoms with E-state index in [9.17, 15) is 9.59 Å². The smallest absolute Gasteiger partial charge is 0.325 e. The van der Waals surface area contributed by atoms with E-state index in [0.717, 1.165) is 5.56 Å². The van der Waals surface area contributed by atoms with E-state index in [4.69, 9.17) is 4.74 Å². The molecule has 0 saturated heterocycles. The molecule has 2 rings (SSSR count). The van der Waals surface area contributed by atoms with E-state index >= 15 is 0 Å². The van der Waals surface area contributed by atoms with Crippen LogP contribution in [0.15, 0.2) is 28.6 Å². The van der Waals surface area contributed by atoms with Crippen molar-refractivity contribution in [3.63, 3.8) is 0 Å². The maximum Gasteiger partial charge on any atom is 0.325 e. The Morgan fingerprint density at radius 2 is 1.96 bits per heavy atom. The van der Waals surface area contributed by atoms with Gasteiger partial charge in [-0.3, -0.25) is 10.1 Å². The number of benzene rings is 1. The van der Waals surface area contributed by atoms with Crippen LogP contribution in [0.1, 0.15) is 19.4 Å². The molecule has 0 spiro atoms. The van der Waals surface area contributed by atoms with E-state index in [2.05, 4.69) is 20.8 Å². The van der Waals surface area contributed by atoms with Crippen molar-refractivity contribution in [1.82, 2.24) is 10.2 Å². The predicted molar refractivity (Wildman–Crippen MR) is 95.7 cm³/mol. The second kappa shape index (κ2) is 8.65. The maximum atomic E-state index is 11.9. The molecule has 0 unspecified atom stereocenters. The van der Waals surface area contributed by atoms with Crippen molar-refractivity contribution >= 4 is 45.9 Å². The fourth-order valence-electron chi connectivity index (χ4n) is 1.66. The maximum absolute atomic E-state index is 11.9. The summed E-state index contributed by atoms with van der Waals surface area (Å²) in [6.07, 6.45) is 0. The zero-order valence-electron chi connectivity index (χ0n) is 13.5. The molecule has 1 aromatic heterocycles. The third kappa shape index (κ3) is 5.50. The first kappa shape index (κ1) is 18.2. The van der Waals surface area contributed by atoms with Gasteiger partial charge in [0.25, 0.3) is 0 Å². The SMILES string of the molecule is CCOC(=O)[C@H](C)Sc1nnc(NC(=O)Nc2ccc(C)cc2)s1. The van der Waals surface area contributed by atoms with Gasteiger partial charge >= 0.3 is 12.0 Å². The molecule has 1 aromatic carbocycles. The number of rotatable bonds is 6. The van der Waals surface area contributed by atoms with Crippen molar-refractivity contribution in [1.29, 1.82) is 0 Å². The van der Waals surface area contributed by atoms with Crippen LogP contribution in [0.25, 0.3) is 0 Å². The fourth-order valence-corrected chi connectivity index (χ4v) is 3.55. The van der Waals surface area contributed by atoms with Gasteiger partial charge in [-0.25, -0.2) is 4.79 Å². The lowest BCUT2D eigenvalue weighted by Crippen LogP contribution is -2.19. The number of hydrogen-bond donors (Lipinski definition) is 2. The molecule has 2 amide bonds. The van der Waals surface area contributed by atoms with Crippen LogP contribution in [0.4, 0.5) is 15.6 Å². The Bertz CT molecular complexity index is 703. The van der Waals surface area contributed by atoms with Crippen molar-refractivity contribution in [3.8, 4) is 0 Å². The Hall–Kier alpha value is -2.13. The molecule has 0 aliphatic rings. The van der Waals surface area contributed by atoms with Crippen LogP contribution in [0, 0.1) is 6.92 Å². The van der Waals surface area contributed by atoms with E-state index < -0.39 is 6.03 Å². The van der Waals surface area contributed by atoms with E-state index in [0.29, 0.717) is 21.8 Å². The first-order chi connectivity index (χ1) is 11.5. The Morgan fingerprint density at radius 1 is 1.25 bits per heavy atom. The number of carbonyl (C=O) groups is 2. The van der Waals surface area contributed by atoms with Crippen LogP contribution in [0.2, 0.25) is 0 Å². The number of aryl methyl sites for hydroxylation is 1. The minimum absolute atomic E-state index is 0.302. The average molecular weight is 366 g/mol. The lowest BCUT2D eigenvalue weighted by Gasteiger charge is -2.07. The molecule has 0 bridgehead atoms. The topological polar surface area (TPSA) is 93.2 Å². The first-order valence-electron chi connectivity index (χ1n) is 7.29. The molecule has 7 nitrogen and oxygen atoms in total. The largest absolute Gasteiger partial charge is 0.465 e. The summed E-state index contributed by atoms with van der Waals surface area (Å²) in [4.78, 5) is 23.5. The summed E-state index contributed by atoms with van der Waals surface area (Å²) in [5, 5.41) is 13.2. The van der Waals surface area contributed by atoms with E-state index in [1.165, 1.54) is 23.1 Å². The van der Waals surface area contributed by atoms with Gasteiger partial charge in [0.1, 0.15) is 5.25 Å². The van der Waals surface area contributed by atoms with Crippen LogP contribution in [0.5, 0.6) is 0 Å². The summed E-state index contributed by atoms with van der Waals surface area (Å²) in [7, 11) is 0. The molecule has 24 heavy (non-hydrogen) atoms. The molecular formula is C15H18N4O3S2. The molecule has 0 aliphatic heterocycles. The number of urea groups is 1. The predicted octanol–water partition coefficient (Wildman–Crippen LogP) is 3.53. The van der Waals surface area contributed by atoms with Crippen LogP contribution in [-0.4, -0.2) is 34.1 Å². The summed E-state index contributed by atoms with van der Waals surface area (Å²) in [5.41, 5.74) is 1.80. The highest BCUT2D eigenvalue weighted by molar-refractivity contribution is 8.02. The van der Waals surface area contributed by atoms with Crippen molar-refractivity contribution in [2.24, 2.45) is 0 Å². The van der Waals surface area contributed by atoms with Gasteiger partial charge in [0.2, 0.25) is 5.13 Å². The zero-order valence-corrected chi connectivity index (χ0v) is 15.2. The van der Waals surface area contributed by atoms with E-state index in [1.807, 2.05) is 31.2 Å². The van der Waals surface area contributed by atoms with Crippen molar-refractivity contribution < 1.29 is 14.3 Å². The van der Waals surface area contributed by atoms with Crippen LogP contribution in [0.3, 0.4) is 0 Å². The van der Waals surface area contributed by atoms with Gasteiger partial charge < -0.3 is 10.1 Å². The number of hydrogen-bond acceptors (Lipinski definition) is 7. The number of nitrogens with zero attached hydrogens (tertiary/aromatic N) is 2. The van der Waals surface area contributed by atoms with E-state index in [-0.39, 0.29) is 11.2 Å². The molecule has 9 heteroatoms. The molecule has 0 saturated carbocycles. The monoisotopic (exact) mass is 366 g/mol. The van der Waals surface area contributed by atoms with Gasteiger partial charge in [-0.1, -0.05) is 40.8 Å². The number of amides is 2. The number of ether oxygens (including phenoxy) is 1. The molecule has 0 aliphatic carbocycles. The number of carbonyl (C=O) groups excluding carboxylic acids is 2. The van der Waals surface area contributed by atoms with Crippen LogP contribution < -0.4 is 10.6 Å². The molecule has 2 N–H and O–H groups in total. The fraction of sp³-hybridized carbons (Fsp3) is 0.333. The molecule has 1 atom stereocenters. The highest BCUT2D eigenvalue weighted by atomic mass is 32.2. The summed E-state index contributed by atoms with van der Waals surface area (Å²) in [6.45, 7) is 5.81. The van der Waals surface area contributed by atoms with Gasteiger partial charge in [-0.05, 0) is 32.9 Å². The summed E-state index contributed by atoms with van der Waals surface area (Å²) < 4.78 is 5.52. The number of thioether (sulfide) groups is 1. The third-order valence-electron chi connectivity index (χ3n) is 2.83. The molecule has 2 aromatic rings. The second-order valence-electron chi connectivity index (χ2n) is 4.83. The highest BCUT2D eigenvalue weighted by Crippen LogP contribution is 2.29. The number of nitrogens with one attached hydrogen (secondary N) is 2. The van der Waals surface area contributed by atoms with Crippen molar-refractivity contribution in [2.75, 3.05) is 17.2 Å². The third-order valence-corrected chi connectivity index (χ3v) is 4.83. The normalized spacial score (nSPS) is 11.6. The van der Waals surface area contributed by atoms with Crippen molar-refractivity contribution in [3.05, 3.63) is 29.8 Å². The molecule has 1 heterocycles. The summed E-state index contributed by atoms with van der Waals surface area (Å²) in [6, 6.07) is 7.05. The number of aromatic nitrogens is 2. The molecule has 0 radical (unpaired) electrons. The van der Waals surface area contributed by atoms with Crippen LogP contribution >= 0.6 is 23.1 Å². The molecular weight excluding hydrogens is 348 g/mol. The minimum Gasteiger partial charge on any atom is -0.465 e. The lowest BCUT2D eigenvalue weighted by atomic mass is 10.2. The second-order valence-corrected chi connectivity index (χ2v) is 7.40.